The summed E-state index contributed by atoms with van der Waals surface area (Å²) < 4.78 is 27.3. The zero-order valence-electron chi connectivity index (χ0n) is 13.0. The van der Waals surface area contributed by atoms with Gasteiger partial charge in [-0.05, 0) is 47.1 Å². The number of sulfonamides is 1. The van der Waals surface area contributed by atoms with Crippen molar-refractivity contribution in [2.75, 3.05) is 47.3 Å². The molecule has 0 unspecified atom stereocenters. The second-order valence-corrected chi connectivity index (χ2v) is 7.73. The molecule has 120 valence electrons. The van der Waals surface area contributed by atoms with E-state index in [1.165, 1.54) is 12.5 Å². The molecular formula is C13H25N5O2S. The highest BCUT2D eigenvalue weighted by Gasteiger charge is 2.33. The standard InChI is InChI=1S/C13H25N5O2S/c1-16(2)8-9-18(12-4-6-17(3)7-5-12)21(19,20)13-10-14-11-15-13/h10-12H,4-9H2,1-3H3,(H,14,15). The highest BCUT2D eigenvalue weighted by Crippen LogP contribution is 2.22. The van der Waals surface area contributed by atoms with Crippen LogP contribution in [-0.2, 0) is 10.0 Å². The summed E-state index contributed by atoms with van der Waals surface area (Å²) >= 11 is 0. The predicted octanol–water partition coefficient (Wildman–Crippen LogP) is 0.0562. The molecule has 1 saturated heterocycles. The molecule has 2 heterocycles. The van der Waals surface area contributed by atoms with E-state index in [1.54, 1.807) is 4.31 Å². The zero-order chi connectivity index (χ0) is 15.5. The van der Waals surface area contributed by atoms with Crippen molar-refractivity contribution in [2.45, 2.75) is 23.9 Å². The van der Waals surface area contributed by atoms with Crippen molar-refractivity contribution in [3.8, 4) is 0 Å². The molecule has 21 heavy (non-hydrogen) atoms. The van der Waals surface area contributed by atoms with E-state index < -0.39 is 10.0 Å². The second kappa shape index (κ2) is 6.87. The fourth-order valence-electron chi connectivity index (χ4n) is 2.59. The molecule has 0 spiro atoms. The number of nitrogens with zero attached hydrogens (tertiary/aromatic N) is 4. The monoisotopic (exact) mass is 315 g/mol. The largest absolute Gasteiger partial charge is 0.335 e. The summed E-state index contributed by atoms with van der Waals surface area (Å²) in [6.45, 7) is 3.08. The van der Waals surface area contributed by atoms with Crippen LogP contribution < -0.4 is 0 Å². The van der Waals surface area contributed by atoms with E-state index in [0.29, 0.717) is 13.1 Å². The van der Waals surface area contributed by atoms with Crippen LogP contribution >= 0.6 is 0 Å². The van der Waals surface area contributed by atoms with E-state index >= 15 is 0 Å². The molecule has 1 fully saturated rings. The number of rotatable bonds is 6. The molecule has 7 nitrogen and oxygen atoms in total. The van der Waals surface area contributed by atoms with Gasteiger partial charge < -0.3 is 14.8 Å². The molecule has 8 heteroatoms. The Labute approximate surface area is 127 Å². The van der Waals surface area contributed by atoms with Gasteiger partial charge in [0.15, 0.2) is 5.03 Å². The van der Waals surface area contributed by atoms with Crippen LogP contribution in [0.1, 0.15) is 12.8 Å². The third-order valence-electron chi connectivity index (χ3n) is 3.92. The number of aromatic nitrogens is 2. The topological polar surface area (TPSA) is 72.5 Å². The number of piperidine rings is 1. The molecule has 0 radical (unpaired) electrons. The van der Waals surface area contributed by atoms with Crippen molar-refractivity contribution in [3.05, 3.63) is 12.5 Å². The van der Waals surface area contributed by atoms with E-state index in [-0.39, 0.29) is 11.1 Å². The highest BCUT2D eigenvalue weighted by atomic mass is 32.2. The van der Waals surface area contributed by atoms with Gasteiger partial charge in [-0.1, -0.05) is 0 Å². The van der Waals surface area contributed by atoms with Crippen molar-refractivity contribution in [2.24, 2.45) is 0 Å². The Morgan fingerprint density at radius 2 is 2.00 bits per heavy atom. The van der Waals surface area contributed by atoms with E-state index in [1.807, 2.05) is 19.0 Å². The number of aromatic amines is 1. The molecule has 0 aromatic carbocycles. The average Bonchev–Trinajstić information content (AvgIpc) is 2.95. The molecule has 1 aromatic heterocycles. The van der Waals surface area contributed by atoms with Crippen molar-refractivity contribution in [1.82, 2.24) is 24.1 Å². The van der Waals surface area contributed by atoms with Crippen LogP contribution in [0, 0.1) is 0 Å². The lowest BCUT2D eigenvalue weighted by Gasteiger charge is -2.36. The van der Waals surface area contributed by atoms with E-state index in [2.05, 4.69) is 21.9 Å². The Hall–Kier alpha value is -0.960. The maximum absolute atomic E-state index is 12.8. The number of H-pyrrole nitrogens is 1. The first-order valence-corrected chi connectivity index (χ1v) is 8.69. The Bertz CT molecular complexity index is 521. The molecule has 0 atom stereocenters. The van der Waals surface area contributed by atoms with Gasteiger partial charge in [0.25, 0.3) is 10.0 Å². The lowest BCUT2D eigenvalue weighted by Crippen LogP contribution is -2.48. The van der Waals surface area contributed by atoms with Gasteiger partial charge in [0, 0.05) is 19.1 Å². The van der Waals surface area contributed by atoms with E-state index in [4.69, 9.17) is 0 Å². The second-order valence-electron chi connectivity index (χ2n) is 5.87. The zero-order valence-corrected chi connectivity index (χ0v) is 13.8. The third kappa shape index (κ3) is 4.03. The van der Waals surface area contributed by atoms with Crippen molar-refractivity contribution in [3.63, 3.8) is 0 Å². The minimum absolute atomic E-state index is 0.0643. The van der Waals surface area contributed by atoms with Gasteiger partial charge >= 0.3 is 0 Å². The van der Waals surface area contributed by atoms with Gasteiger partial charge in [0.05, 0.1) is 12.5 Å². The molecule has 0 aliphatic carbocycles. The van der Waals surface area contributed by atoms with Gasteiger partial charge in [0.2, 0.25) is 0 Å². The quantitative estimate of drug-likeness (QED) is 0.803. The first kappa shape index (κ1) is 16.4. The molecule has 1 aliphatic heterocycles. The Kier molecular flexibility index (Phi) is 5.37. The van der Waals surface area contributed by atoms with Crippen LogP contribution in [0.25, 0.3) is 0 Å². The van der Waals surface area contributed by atoms with Crippen LogP contribution in [0.3, 0.4) is 0 Å². The van der Waals surface area contributed by atoms with Crippen LogP contribution in [-0.4, -0.2) is 85.9 Å². The number of likely N-dealkylation sites (N-methyl/N-ethyl adjacent to an activating group) is 1. The van der Waals surface area contributed by atoms with Crippen LogP contribution in [0.5, 0.6) is 0 Å². The Balaban J connectivity index is 2.19. The predicted molar refractivity (Wildman–Crippen MR) is 81.6 cm³/mol. The van der Waals surface area contributed by atoms with Crippen LogP contribution in [0.15, 0.2) is 17.6 Å². The molecule has 0 saturated carbocycles. The van der Waals surface area contributed by atoms with Crippen LogP contribution in [0.4, 0.5) is 0 Å². The summed E-state index contributed by atoms with van der Waals surface area (Å²) in [6.07, 6.45) is 4.53. The summed E-state index contributed by atoms with van der Waals surface area (Å²) in [7, 11) is 2.48. The molecule has 1 aromatic rings. The van der Waals surface area contributed by atoms with E-state index in [0.717, 1.165) is 25.9 Å². The first-order valence-electron chi connectivity index (χ1n) is 7.25. The Morgan fingerprint density at radius 1 is 1.33 bits per heavy atom. The highest BCUT2D eigenvalue weighted by molar-refractivity contribution is 7.89. The number of likely N-dealkylation sites (tertiary alicyclic amines) is 1. The summed E-state index contributed by atoms with van der Waals surface area (Å²) in [5.41, 5.74) is 0. The smallest absolute Gasteiger partial charge is 0.260 e. The lowest BCUT2D eigenvalue weighted by molar-refractivity contribution is 0.175. The van der Waals surface area contributed by atoms with Gasteiger partial charge in [-0.25, -0.2) is 13.4 Å². The number of nitrogens with one attached hydrogen (secondary N) is 1. The normalized spacial score (nSPS) is 18.7. The molecule has 1 N–H and O–H groups in total. The van der Waals surface area contributed by atoms with Crippen molar-refractivity contribution < 1.29 is 8.42 Å². The molecular weight excluding hydrogens is 290 g/mol. The fourth-order valence-corrected chi connectivity index (χ4v) is 4.16. The molecule has 0 bridgehead atoms. The molecule has 1 aliphatic rings. The van der Waals surface area contributed by atoms with Gasteiger partial charge in [-0.3, -0.25) is 0 Å². The summed E-state index contributed by atoms with van der Waals surface area (Å²) in [5, 5.41) is 0.181. The maximum Gasteiger partial charge on any atom is 0.260 e. The number of hydrogen-bond acceptors (Lipinski definition) is 5. The third-order valence-corrected chi connectivity index (χ3v) is 5.80. The minimum Gasteiger partial charge on any atom is -0.335 e. The summed E-state index contributed by atoms with van der Waals surface area (Å²) in [4.78, 5) is 10.8. The fraction of sp³-hybridized carbons (Fsp3) is 0.769. The molecule has 2 rings (SSSR count). The number of imidazole rings is 1. The van der Waals surface area contributed by atoms with Crippen molar-refractivity contribution in [1.29, 1.82) is 0 Å². The van der Waals surface area contributed by atoms with Gasteiger partial charge in [0.1, 0.15) is 0 Å². The minimum atomic E-state index is -3.50. The first-order chi connectivity index (χ1) is 9.91. The Morgan fingerprint density at radius 3 is 2.52 bits per heavy atom. The SMILES string of the molecule is CN(C)CCN(C1CCN(C)CC1)S(=O)(=O)c1cnc[nH]1. The number of hydrogen-bond donors (Lipinski definition) is 1. The van der Waals surface area contributed by atoms with E-state index in [9.17, 15) is 8.42 Å². The summed E-state index contributed by atoms with van der Waals surface area (Å²) in [6, 6.07) is 0.0643. The van der Waals surface area contributed by atoms with Gasteiger partial charge in [-0.15, -0.1) is 0 Å². The van der Waals surface area contributed by atoms with Gasteiger partial charge in [-0.2, -0.15) is 4.31 Å². The van der Waals surface area contributed by atoms with Crippen LogP contribution in [0.2, 0.25) is 0 Å². The van der Waals surface area contributed by atoms with Crippen molar-refractivity contribution >= 4 is 10.0 Å². The lowest BCUT2D eigenvalue weighted by atomic mass is 10.1. The summed E-state index contributed by atoms with van der Waals surface area (Å²) in [5.74, 6) is 0. The molecule has 0 amide bonds. The maximum atomic E-state index is 12.8. The average molecular weight is 315 g/mol.